The van der Waals surface area contributed by atoms with Gasteiger partial charge in [0, 0.05) is 60.2 Å². The zero-order valence-electron chi connectivity index (χ0n) is 48.6. The van der Waals surface area contributed by atoms with Crippen molar-refractivity contribution >= 4 is 11.9 Å². The highest BCUT2D eigenvalue weighted by molar-refractivity contribution is 5.86. The molecule has 4 heterocycles. The van der Waals surface area contributed by atoms with Gasteiger partial charge < -0.3 is 76.7 Å². The van der Waals surface area contributed by atoms with E-state index >= 15 is 4.79 Å². The number of nitrogens with two attached hydrogens (primary N) is 1. The number of fused-ring (bicyclic) bond motifs is 7. The van der Waals surface area contributed by atoms with E-state index in [1.54, 1.807) is 18.9 Å². The molecule has 0 aromatic carbocycles. The zero-order valence-corrected chi connectivity index (χ0v) is 48.6. The van der Waals surface area contributed by atoms with Crippen LogP contribution in [0.15, 0.2) is 36.7 Å². The predicted octanol–water partition coefficient (Wildman–Crippen LogP) is 4.67. The molecular formula is C62H97N7O12. The van der Waals surface area contributed by atoms with Crippen molar-refractivity contribution < 1.29 is 59.9 Å². The van der Waals surface area contributed by atoms with E-state index < -0.39 is 105 Å². The Morgan fingerprint density at radius 2 is 1.60 bits per heavy atom. The minimum absolute atomic E-state index is 0.00909. The molecule has 19 heteroatoms. The number of aromatic nitrogens is 4. The van der Waals surface area contributed by atoms with Crippen LogP contribution in [-0.2, 0) is 25.5 Å². The number of aliphatic hydroxyl groups excluding tert-OH is 7. The molecule has 6 saturated carbocycles. The molecule has 2 aromatic rings. The third-order valence-corrected chi connectivity index (χ3v) is 25.4. The summed E-state index contributed by atoms with van der Waals surface area (Å²) in [4.78, 5) is 45.4. The van der Waals surface area contributed by atoms with Crippen LogP contribution in [-0.4, -0.2) is 155 Å². The summed E-state index contributed by atoms with van der Waals surface area (Å²) in [5.74, 6) is -3.33. The third kappa shape index (κ3) is 9.10. The van der Waals surface area contributed by atoms with Crippen molar-refractivity contribution in [2.45, 2.75) is 205 Å². The van der Waals surface area contributed by atoms with E-state index in [1.807, 2.05) is 20.2 Å². The molecule has 9 aliphatic rings. The van der Waals surface area contributed by atoms with Gasteiger partial charge in [0.05, 0.1) is 48.9 Å². The van der Waals surface area contributed by atoms with Gasteiger partial charge in [0.1, 0.15) is 24.5 Å². The number of H-pyrrole nitrogens is 2. The molecule has 0 bridgehead atoms. The number of carbonyl (C=O) groups is 2. The lowest BCUT2D eigenvalue weighted by molar-refractivity contribution is -0.351. The normalized spacial score (nSPS) is 45.2. The topological polar surface area (TPSA) is 322 Å². The molecule has 2 saturated heterocycles. The number of carbonyl (C=O) groups excluding carboxylic acids is 1. The van der Waals surface area contributed by atoms with Gasteiger partial charge >= 0.3 is 5.97 Å². The van der Waals surface area contributed by atoms with Gasteiger partial charge in [-0.1, -0.05) is 71.4 Å². The molecule has 2 aliphatic heterocycles. The van der Waals surface area contributed by atoms with Gasteiger partial charge in [0.15, 0.2) is 6.29 Å². The first-order valence-corrected chi connectivity index (χ1v) is 31.1. The first-order valence-electron chi connectivity index (χ1n) is 31.1. The lowest BCUT2D eigenvalue weighted by Crippen LogP contribution is -2.75. The summed E-state index contributed by atoms with van der Waals surface area (Å²) in [5, 5.41) is 101. The molecule has 22 atom stereocenters. The highest BCUT2D eigenvalue weighted by Crippen LogP contribution is 2.81. The van der Waals surface area contributed by atoms with Crippen LogP contribution in [0.25, 0.3) is 0 Å². The number of amides is 1. The van der Waals surface area contributed by atoms with Crippen molar-refractivity contribution in [2.24, 2.45) is 91.0 Å². The lowest BCUT2D eigenvalue weighted by Gasteiger charge is -2.77. The molecule has 1 spiro atoms. The zero-order chi connectivity index (χ0) is 57.7. The average Bonchev–Trinajstić information content (AvgIpc) is 1.40. The quantitative estimate of drug-likeness (QED) is 0.0582. The second kappa shape index (κ2) is 22.2. The molecule has 1 amide bonds. The molecular weight excluding hydrogens is 1030 g/mol. The number of hydrogen-bond donors (Lipinski definition) is 13. The van der Waals surface area contributed by atoms with Gasteiger partial charge in [-0.15, -0.1) is 0 Å². The Labute approximate surface area is 477 Å². The highest BCUT2D eigenvalue weighted by atomic mass is 16.7. The van der Waals surface area contributed by atoms with E-state index in [-0.39, 0.29) is 67.2 Å². The molecule has 81 heavy (non-hydrogen) atoms. The molecule has 0 radical (unpaired) electrons. The van der Waals surface area contributed by atoms with Gasteiger partial charge in [-0.25, -0.2) is 9.97 Å². The van der Waals surface area contributed by atoms with Crippen LogP contribution in [0.4, 0.5) is 0 Å². The van der Waals surface area contributed by atoms with Crippen molar-refractivity contribution in [3.05, 3.63) is 48.1 Å². The Kier molecular flexibility index (Phi) is 16.3. The molecule has 0 unspecified atom stereocenters. The summed E-state index contributed by atoms with van der Waals surface area (Å²) in [5.41, 5.74) is 3.99. The van der Waals surface area contributed by atoms with Crippen LogP contribution < -0.4 is 16.4 Å². The van der Waals surface area contributed by atoms with E-state index in [4.69, 9.17) is 15.2 Å². The minimum atomic E-state index is -1.66. The Bertz CT molecular complexity index is 2560. The minimum Gasteiger partial charge on any atom is -0.481 e. The van der Waals surface area contributed by atoms with Gasteiger partial charge in [0.25, 0.3) is 0 Å². The largest absolute Gasteiger partial charge is 0.481 e. The second-order valence-electron chi connectivity index (χ2n) is 28.8. The monoisotopic (exact) mass is 1130 g/mol. The first kappa shape index (κ1) is 59.4. The fourth-order valence-electron chi connectivity index (χ4n) is 21.2. The molecule has 2 aromatic heterocycles. The number of hydrogen-bond acceptors (Lipinski definition) is 15. The molecule has 19 nitrogen and oxygen atoms in total. The number of allylic oxidation sites excluding steroid dienone is 2. The van der Waals surface area contributed by atoms with Crippen LogP contribution in [0, 0.1) is 85.2 Å². The number of imidazole rings is 2. The van der Waals surface area contributed by atoms with Crippen molar-refractivity contribution in [3.63, 3.8) is 0 Å². The molecule has 11 rings (SSSR count). The summed E-state index contributed by atoms with van der Waals surface area (Å²) >= 11 is 0. The molecule has 14 N–H and O–H groups in total. The maximum Gasteiger partial charge on any atom is 0.310 e. The van der Waals surface area contributed by atoms with Crippen molar-refractivity contribution in [2.75, 3.05) is 33.4 Å². The van der Waals surface area contributed by atoms with E-state index in [0.717, 1.165) is 62.8 Å². The summed E-state index contributed by atoms with van der Waals surface area (Å²) in [6.07, 6.45) is 13.1. The summed E-state index contributed by atoms with van der Waals surface area (Å²) in [7, 11) is 1.83. The van der Waals surface area contributed by atoms with Gasteiger partial charge in [0.2, 0.25) is 5.91 Å². The Balaban J connectivity index is 1.14. The number of carboxylic acid groups (broad SMARTS) is 1. The van der Waals surface area contributed by atoms with E-state index in [0.29, 0.717) is 77.2 Å². The number of aliphatic hydroxyl groups is 7. The standard InChI is InChI=1S/C62H97N7O12/c1-56(30-70)19-20-61(55(78)79)24-36(22-37-27-65-32-67-37)59(4)39(42(61)25-56)13-14-46-58(59,3)18-15-45-57(2,31-71)51(81-53-50(75)49(74)44(72)29-80-53)48(73)41(62(45,46)35-11-7-6-8-12-35)23-40-47(69-54(77)60(40)16-9-10-17-60)38(43-28-66-33-68-43)21-34(26-64-5)52(63)76/h13,27-28,32-36,38,40-42,44-53,64,70-76H,6-12,14-26,29-31,63H2,1-5H3,(H,65,67)(H,66,68)(H,69,77)(H,78,79)/t34-,36+,38-,40-,41+,42-,44+,45+,46-,47-,48+,49-,50+,51+,52-,53-,56-,57-,58+,59+,61-,62-/m0/s1. The molecule has 8 fully saturated rings. The van der Waals surface area contributed by atoms with Crippen molar-refractivity contribution in [1.82, 2.24) is 30.6 Å². The summed E-state index contributed by atoms with van der Waals surface area (Å²) < 4.78 is 13.0. The number of nitrogens with zero attached hydrogens (tertiary/aromatic N) is 2. The van der Waals surface area contributed by atoms with Crippen LogP contribution >= 0.6 is 0 Å². The van der Waals surface area contributed by atoms with E-state index in [9.17, 15) is 45.6 Å². The number of aliphatic carboxylic acids is 1. The average molecular weight is 1130 g/mol. The fourth-order valence-corrected chi connectivity index (χ4v) is 21.2. The van der Waals surface area contributed by atoms with Crippen LogP contribution in [0.3, 0.4) is 0 Å². The van der Waals surface area contributed by atoms with Crippen molar-refractivity contribution in [3.8, 4) is 0 Å². The fraction of sp³-hybridized carbons (Fsp3) is 0.839. The van der Waals surface area contributed by atoms with E-state index in [1.165, 1.54) is 5.57 Å². The predicted molar refractivity (Wildman–Crippen MR) is 299 cm³/mol. The number of aromatic amines is 2. The van der Waals surface area contributed by atoms with Crippen LogP contribution in [0.2, 0.25) is 0 Å². The van der Waals surface area contributed by atoms with Gasteiger partial charge in [-0.2, -0.15) is 0 Å². The Hall–Kier alpha value is -3.34. The lowest BCUT2D eigenvalue weighted by atomic mass is 9.28. The maximum atomic E-state index is 15.4. The van der Waals surface area contributed by atoms with Crippen LogP contribution in [0.5, 0.6) is 0 Å². The number of carboxylic acids is 1. The first-order chi connectivity index (χ1) is 38.6. The van der Waals surface area contributed by atoms with E-state index in [2.05, 4.69) is 57.4 Å². The smallest absolute Gasteiger partial charge is 0.310 e. The Morgan fingerprint density at radius 3 is 2.25 bits per heavy atom. The van der Waals surface area contributed by atoms with Gasteiger partial charge in [-0.3, -0.25) is 9.59 Å². The Morgan fingerprint density at radius 1 is 0.877 bits per heavy atom. The number of rotatable bonds is 17. The SMILES string of the molecule is CNC[C@H](C[C@@H](c1cnc[nH]1)[C@@H]1NC(=O)C2(CCCC2)[C@H]1C[C@@H]1[C@@H](O)[C@@H](O[C@@H]2OC[C@@H](O)[C@H](O)[C@H]2O)[C@@](C)(CO)[C@H]2CC[C@]3(C)[C@H](CC=C4[C@@H]5C[C@@](C)(CO)CC[C@]5(C(=O)O)C[C@@H](Cc5cnc[nH]5)[C@]43C)[C@@]12C1CCCCC1)[C@@H](N)O. The maximum absolute atomic E-state index is 15.4. The number of nitrogens with one attached hydrogen (secondary N) is 4. The molecule has 7 aliphatic carbocycles. The van der Waals surface area contributed by atoms with Crippen LogP contribution in [0.1, 0.15) is 161 Å². The van der Waals surface area contributed by atoms with Crippen molar-refractivity contribution in [1.29, 1.82) is 0 Å². The highest BCUT2D eigenvalue weighted by Gasteiger charge is 2.78. The third-order valence-electron chi connectivity index (χ3n) is 25.4. The van der Waals surface area contributed by atoms with Gasteiger partial charge in [-0.05, 0) is 160 Å². The number of ether oxygens (including phenoxy) is 2. The molecule has 452 valence electrons. The summed E-state index contributed by atoms with van der Waals surface area (Å²) in [6, 6.07) is -0.479. The second-order valence-corrected chi connectivity index (χ2v) is 28.8. The summed E-state index contributed by atoms with van der Waals surface area (Å²) in [6.45, 7) is 8.75.